The van der Waals surface area contributed by atoms with Gasteiger partial charge in [0.25, 0.3) is 0 Å². The molecule has 0 amide bonds. The predicted octanol–water partition coefficient (Wildman–Crippen LogP) is 4.65. The smallest absolute Gasteiger partial charge is 0.372 e. The molecule has 0 spiro atoms. The molecule has 0 aliphatic carbocycles. The first-order valence-corrected chi connectivity index (χ1v) is 8.07. The summed E-state index contributed by atoms with van der Waals surface area (Å²) in [6.45, 7) is 4.85. The van der Waals surface area contributed by atoms with E-state index in [2.05, 4.69) is 0 Å². The lowest BCUT2D eigenvalue weighted by Crippen LogP contribution is -2.42. The minimum atomic E-state index is -4.89. The van der Waals surface area contributed by atoms with Crippen LogP contribution in [0.4, 0.5) is 26.3 Å². The first-order valence-electron chi connectivity index (χ1n) is 8.07. The van der Waals surface area contributed by atoms with Crippen LogP contribution in [0.25, 0.3) is 0 Å². The molecule has 0 saturated heterocycles. The molecule has 3 atom stereocenters. The fourth-order valence-corrected chi connectivity index (χ4v) is 2.25. The summed E-state index contributed by atoms with van der Waals surface area (Å²) in [5.41, 5.74) is 7.95. The van der Waals surface area contributed by atoms with Gasteiger partial charge in [-0.2, -0.15) is 26.3 Å². The highest BCUT2D eigenvalue weighted by atomic mass is 19.4. The van der Waals surface area contributed by atoms with Crippen molar-refractivity contribution in [3.05, 3.63) is 34.9 Å². The van der Waals surface area contributed by atoms with E-state index in [-0.39, 0.29) is 24.3 Å². The standard InChI is InChI=1S/C17H24F6N2O/c1-10(24)4-5-15(3,25)9-26-11(2)12-6-13(16(18,19)20)8-14(7-12)17(21,22)23/h6-8,10-11H,4-5,9,24-25H2,1-3H3/t10?,11-,15-/m1/s1. The van der Waals surface area contributed by atoms with E-state index in [1.165, 1.54) is 6.92 Å². The molecule has 9 heteroatoms. The van der Waals surface area contributed by atoms with Crippen LogP contribution in [0.1, 0.15) is 56.4 Å². The number of benzene rings is 1. The second-order valence-electron chi connectivity index (χ2n) is 6.96. The SMILES string of the molecule is CC(N)CC[C@@](C)(N)CO[C@H](C)c1cc(C(F)(F)F)cc(C(F)(F)F)c1. The molecule has 0 fully saturated rings. The number of alkyl halides is 6. The fourth-order valence-electron chi connectivity index (χ4n) is 2.25. The average molecular weight is 386 g/mol. The van der Waals surface area contributed by atoms with Gasteiger partial charge in [0.2, 0.25) is 0 Å². The summed E-state index contributed by atoms with van der Waals surface area (Å²) in [4.78, 5) is 0. The molecule has 1 aromatic rings. The molecule has 26 heavy (non-hydrogen) atoms. The Kier molecular flexibility index (Phi) is 7.11. The van der Waals surface area contributed by atoms with E-state index in [0.717, 1.165) is 0 Å². The molecule has 0 radical (unpaired) electrons. The molecule has 3 nitrogen and oxygen atoms in total. The fraction of sp³-hybridized carbons (Fsp3) is 0.647. The van der Waals surface area contributed by atoms with Crippen LogP contribution in [0.3, 0.4) is 0 Å². The van der Waals surface area contributed by atoms with Crippen LogP contribution in [0.2, 0.25) is 0 Å². The van der Waals surface area contributed by atoms with Crippen molar-refractivity contribution in [2.45, 2.75) is 63.7 Å². The molecule has 4 N–H and O–H groups in total. The molecule has 0 aliphatic heterocycles. The third kappa shape index (κ3) is 7.13. The lowest BCUT2D eigenvalue weighted by Gasteiger charge is -2.27. The maximum absolute atomic E-state index is 12.9. The Morgan fingerprint density at radius 2 is 1.42 bits per heavy atom. The zero-order valence-corrected chi connectivity index (χ0v) is 14.8. The van der Waals surface area contributed by atoms with E-state index in [1.54, 1.807) is 13.8 Å². The third-order valence-corrected chi connectivity index (χ3v) is 3.91. The van der Waals surface area contributed by atoms with Crippen LogP contribution >= 0.6 is 0 Å². The number of rotatable bonds is 7. The maximum Gasteiger partial charge on any atom is 0.416 e. The predicted molar refractivity (Wildman–Crippen MR) is 86.3 cm³/mol. The summed E-state index contributed by atoms with van der Waals surface area (Å²) in [6, 6.07) is 1.34. The maximum atomic E-state index is 12.9. The van der Waals surface area contributed by atoms with Crippen molar-refractivity contribution in [2.24, 2.45) is 11.5 Å². The molecule has 0 aliphatic rings. The van der Waals surface area contributed by atoms with Crippen molar-refractivity contribution in [1.29, 1.82) is 0 Å². The van der Waals surface area contributed by atoms with Crippen molar-refractivity contribution < 1.29 is 31.1 Å². The van der Waals surface area contributed by atoms with Crippen LogP contribution in [0, 0.1) is 0 Å². The summed E-state index contributed by atoms with van der Waals surface area (Å²) in [5, 5.41) is 0. The highest BCUT2D eigenvalue weighted by Gasteiger charge is 2.37. The van der Waals surface area contributed by atoms with Gasteiger partial charge in [-0.05, 0) is 57.4 Å². The van der Waals surface area contributed by atoms with Gasteiger partial charge in [-0.25, -0.2) is 0 Å². The van der Waals surface area contributed by atoms with Crippen LogP contribution in [0.15, 0.2) is 18.2 Å². The second kappa shape index (κ2) is 8.14. The van der Waals surface area contributed by atoms with Crippen molar-refractivity contribution >= 4 is 0 Å². The van der Waals surface area contributed by atoms with Gasteiger partial charge in [0.15, 0.2) is 0 Å². The first-order chi connectivity index (χ1) is 11.6. The van der Waals surface area contributed by atoms with E-state index in [1.807, 2.05) is 0 Å². The van der Waals surface area contributed by atoms with Crippen molar-refractivity contribution in [3.8, 4) is 0 Å². The normalized spacial score (nSPS) is 17.7. The Morgan fingerprint density at radius 1 is 0.962 bits per heavy atom. The summed E-state index contributed by atoms with van der Waals surface area (Å²) in [6.07, 6.45) is -9.65. The average Bonchev–Trinajstić information content (AvgIpc) is 2.48. The molecule has 0 heterocycles. The lowest BCUT2D eigenvalue weighted by molar-refractivity contribution is -0.143. The van der Waals surface area contributed by atoms with Gasteiger partial charge < -0.3 is 16.2 Å². The summed E-state index contributed by atoms with van der Waals surface area (Å²) in [7, 11) is 0. The second-order valence-corrected chi connectivity index (χ2v) is 6.96. The zero-order chi connectivity index (χ0) is 20.3. The highest BCUT2D eigenvalue weighted by Crippen LogP contribution is 2.38. The van der Waals surface area contributed by atoms with Crippen molar-refractivity contribution in [2.75, 3.05) is 6.61 Å². The van der Waals surface area contributed by atoms with Crippen molar-refractivity contribution in [1.82, 2.24) is 0 Å². The van der Waals surface area contributed by atoms with E-state index >= 15 is 0 Å². The topological polar surface area (TPSA) is 61.3 Å². The molecule has 0 bridgehead atoms. The Bertz CT molecular complexity index is 564. The first kappa shape index (κ1) is 22.7. The molecule has 1 aromatic carbocycles. The van der Waals surface area contributed by atoms with Gasteiger partial charge in [-0.15, -0.1) is 0 Å². The quantitative estimate of drug-likeness (QED) is 0.671. The molecule has 0 saturated carbocycles. The van der Waals surface area contributed by atoms with E-state index in [9.17, 15) is 26.3 Å². The van der Waals surface area contributed by atoms with Crippen LogP contribution in [-0.4, -0.2) is 18.2 Å². The number of hydrogen-bond donors (Lipinski definition) is 2. The molecule has 0 aromatic heterocycles. The summed E-state index contributed by atoms with van der Waals surface area (Å²) in [5.74, 6) is 0. The molecule has 1 unspecified atom stereocenters. The van der Waals surface area contributed by atoms with Crippen LogP contribution < -0.4 is 11.5 Å². The minimum Gasteiger partial charge on any atom is -0.372 e. The van der Waals surface area contributed by atoms with Crippen molar-refractivity contribution in [3.63, 3.8) is 0 Å². The Balaban J connectivity index is 2.99. The largest absolute Gasteiger partial charge is 0.416 e. The Morgan fingerprint density at radius 3 is 1.81 bits per heavy atom. The van der Waals surface area contributed by atoms with Gasteiger partial charge >= 0.3 is 12.4 Å². The van der Waals surface area contributed by atoms with Gasteiger partial charge in [0, 0.05) is 11.6 Å². The summed E-state index contributed by atoms with van der Waals surface area (Å²) < 4.78 is 82.9. The number of ether oxygens (including phenoxy) is 1. The van der Waals surface area contributed by atoms with Gasteiger partial charge in [0.1, 0.15) is 0 Å². The zero-order valence-electron chi connectivity index (χ0n) is 14.8. The Labute approximate surface area is 148 Å². The molecule has 1 rings (SSSR count). The van der Waals surface area contributed by atoms with Gasteiger partial charge in [-0.3, -0.25) is 0 Å². The van der Waals surface area contributed by atoms with Crippen LogP contribution in [-0.2, 0) is 17.1 Å². The lowest BCUT2D eigenvalue weighted by atomic mass is 9.96. The van der Waals surface area contributed by atoms with Gasteiger partial charge in [-0.1, -0.05) is 0 Å². The van der Waals surface area contributed by atoms with Crippen LogP contribution in [0.5, 0.6) is 0 Å². The van der Waals surface area contributed by atoms with E-state index < -0.39 is 35.1 Å². The highest BCUT2D eigenvalue weighted by molar-refractivity contribution is 5.34. The minimum absolute atomic E-state index is 0.0293. The monoisotopic (exact) mass is 386 g/mol. The van der Waals surface area contributed by atoms with Gasteiger partial charge in [0.05, 0.1) is 23.8 Å². The van der Waals surface area contributed by atoms with E-state index in [0.29, 0.717) is 25.0 Å². The summed E-state index contributed by atoms with van der Waals surface area (Å²) >= 11 is 0. The number of hydrogen-bond acceptors (Lipinski definition) is 3. The third-order valence-electron chi connectivity index (χ3n) is 3.91. The number of halogens is 6. The Hall–Kier alpha value is -1.32. The molecular formula is C17H24F6N2O. The molecular weight excluding hydrogens is 362 g/mol. The number of nitrogens with two attached hydrogens (primary N) is 2. The van der Waals surface area contributed by atoms with E-state index in [4.69, 9.17) is 16.2 Å². The molecule has 150 valence electrons.